The molecule has 3 aromatic heterocycles. The fraction of sp³-hybridized carbons (Fsp3) is 0.550. The van der Waals surface area contributed by atoms with Crippen molar-refractivity contribution in [2.45, 2.75) is 50.8 Å². The average Bonchev–Trinajstić information content (AvgIpc) is 3.38. The number of fused-ring (bicyclic) bond motifs is 1. The van der Waals surface area contributed by atoms with E-state index < -0.39 is 0 Å². The lowest BCUT2D eigenvalue weighted by molar-refractivity contribution is 0.0985. The first-order valence-corrected chi connectivity index (χ1v) is 10.6. The highest BCUT2D eigenvalue weighted by Crippen LogP contribution is 2.35. The number of morpholine rings is 1. The number of H-pyrrole nitrogens is 1. The number of aliphatic hydroxyl groups is 1. The number of pyridine rings is 1. The van der Waals surface area contributed by atoms with E-state index in [9.17, 15) is 5.11 Å². The molecule has 1 atom stereocenters. The number of aromatic amines is 1. The second kappa shape index (κ2) is 7.77. The van der Waals surface area contributed by atoms with Crippen molar-refractivity contribution in [3.05, 3.63) is 18.3 Å². The highest BCUT2D eigenvalue weighted by Gasteiger charge is 2.26. The highest BCUT2D eigenvalue weighted by atomic mass is 16.5. The van der Waals surface area contributed by atoms with E-state index in [2.05, 4.69) is 38.5 Å². The average molecular weight is 412 g/mol. The van der Waals surface area contributed by atoms with E-state index in [1.165, 1.54) is 0 Å². The molecule has 0 spiro atoms. The summed E-state index contributed by atoms with van der Waals surface area (Å²) in [6.07, 6.45) is 4.94. The molecule has 0 bridgehead atoms. The van der Waals surface area contributed by atoms with Gasteiger partial charge in [0.1, 0.15) is 5.82 Å². The van der Waals surface area contributed by atoms with Gasteiger partial charge in [-0.2, -0.15) is 9.78 Å². The predicted octanol–water partition coefficient (Wildman–Crippen LogP) is 1.67. The van der Waals surface area contributed by atoms with Crippen molar-refractivity contribution in [2.75, 3.05) is 35.7 Å². The van der Waals surface area contributed by atoms with Crippen LogP contribution in [0.1, 0.15) is 32.6 Å². The third-order valence-electron chi connectivity index (χ3n) is 6.08. The highest BCUT2D eigenvalue weighted by molar-refractivity contribution is 5.99. The van der Waals surface area contributed by atoms with Crippen molar-refractivity contribution >= 4 is 28.4 Å². The van der Waals surface area contributed by atoms with Gasteiger partial charge in [0, 0.05) is 24.7 Å². The molecular weight excluding hydrogens is 384 g/mol. The molecule has 1 aliphatic carbocycles. The van der Waals surface area contributed by atoms with Crippen molar-refractivity contribution in [1.29, 1.82) is 0 Å². The molecule has 0 radical (unpaired) electrons. The number of nitrogens with one attached hydrogen (secondary N) is 2. The van der Waals surface area contributed by atoms with Crippen molar-refractivity contribution in [1.82, 2.24) is 25.0 Å². The Bertz CT molecular complexity index is 1010. The summed E-state index contributed by atoms with van der Waals surface area (Å²) in [5.74, 6) is 2.01. The van der Waals surface area contributed by atoms with Gasteiger partial charge in [-0.05, 0) is 32.6 Å². The van der Waals surface area contributed by atoms with Gasteiger partial charge in [0.15, 0.2) is 17.3 Å². The minimum atomic E-state index is -0.196. The Hall–Kier alpha value is -2.85. The van der Waals surface area contributed by atoms with E-state index in [4.69, 9.17) is 15.5 Å². The van der Waals surface area contributed by atoms with E-state index in [0.29, 0.717) is 30.5 Å². The van der Waals surface area contributed by atoms with Crippen LogP contribution in [-0.4, -0.2) is 68.0 Å². The van der Waals surface area contributed by atoms with Crippen molar-refractivity contribution < 1.29 is 9.84 Å². The summed E-state index contributed by atoms with van der Waals surface area (Å²) in [4.78, 5) is 7.22. The Balaban J connectivity index is 1.61. The number of anilines is 3. The summed E-state index contributed by atoms with van der Waals surface area (Å²) >= 11 is 0. The Morgan fingerprint density at radius 2 is 2.13 bits per heavy atom. The number of rotatable bonds is 4. The van der Waals surface area contributed by atoms with Crippen molar-refractivity contribution in [3.8, 4) is 5.82 Å². The maximum Gasteiger partial charge on any atom is 0.171 e. The lowest BCUT2D eigenvalue weighted by atomic mass is 9.93. The molecule has 30 heavy (non-hydrogen) atoms. The fourth-order valence-electron chi connectivity index (χ4n) is 4.43. The monoisotopic (exact) mass is 412 g/mol. The summed E-state index contributed by atoms with van der Waals surface area (Å²) in [6.45, 7) is 4.27. The summed E-state index contributed by atoms with van der Waals surface area (Å²) in [5.41, 5.74) is 7.96. The summed E-state index contributed by atoms with van der Waals surface area (Å²) < 4.78 is 7.32. The van der Waals surface area contributed by atoms with E-state index >= 15 is 0 Å². The second-order valence-corrected chi connectivity index (χ2v) is 8.23. The molecule has 0 aromatic carbocycles. The minimum absolute atomic E-state index is 0.196. The number of nitrogen functional groups attached to an aromatic ring is 1. The molecule has 1 saturated carbocycles. The first kappa shape index (κ1) is 19.1. The Kier molecular flexibility index (Phi) is 4.95. The van der Waals surface area contributed by atoms with Gasteiger partial charge in [0.25, 0.3) is 0 Å². The molecule has 4 heterocycles. The molecule has 160 valence electrons. The summed E-state index contributed by atoms with van der Waals surface area (Å²) in [6, 6.07) is 4.42. The first-order valence-electron chi connectivity index (χ1n) is 10.6. The van der Waals surface area contributed by atoms with Gasteiger partial charge in [0.2, 0.25) is 0 Å². The van der Waals surface area contributed by atoms with Crippen LogP contribution < -0.4 is 16.0 Å². The van der Waals surface area contributed by atoms with Crippen LogP contribution in [0.5, 0.6) is 0 Å². The van der Waals surface area contributed by atoms with Crippen molar-refractivity contribution in [3.63, 3.8) is 0 Å². The fourth-order valence-corrected chi connectivity index (χ4v) is 4.43. The van der Waals surface area contributed by atoms with Gasteiger partial charge in [-0.1, -0.05) is 0 Å². The quantitative estimate of drug-likeness (QED) is 0.509. The molecule has 10 heteroatoms. The molecule has 1 saturated heterocycles. The minimum Gasteiger partial charge on any atom is -0.393 e. The Morgan fingerprint density at radius 1 is 1.30 bits per heavy atom. The smallest absolute Gasteiger partial charge is 0.171 e. The maximum absolute atomic E-state index is 9.86. The van der Waals surface area contributed by atoms with Gasteiger partial charge in [-0.3, -0.25) is 5.10 Å². The lowest BCUT2D eigenvalue weighted by Crippen LogP contribution is -2.44. The van der Waals surface area contributed by atoms with Crippen LogP contribution >= 0.6 is 0 Å². The molecule has 3 aromatic rings. The first-order chi connectivity index (χ1) is 14.6. The zero-order valence-electron chi connectivity index (χ0n) is 17.1. The Morgan fingerprint density at radius 3 is 2.87 bits per heavy atom. The predicted molar refractivity (Wildman–Crippen MR) is 115 cm³/mol. The van der Waals surface area contributed by atoms with E-state index in [1.807, 2.05) is 6.07 Å². The van der Waals surface area contributed by atoms with E-state index in [1.54, 1.807) is 10.9 Å². The number of aromatic nitrogens is 5. The van der Waals surface area contributed by atoms with Gasteiger partial charge in [-0.15, -0.1) is 5.10 Å². The molecule has 1 aliphatic heterocycles. The topological polar surface area (TPSA) is 130 Å². The van der Waals surface area contributed by atoms with Crippen molar-refractivity contribution in [2.24, 2.45) is 0 Å². The molecule has 2 aliphatic rings. The third kappa shape index (κ3) is 3.46. The molecule has 1 unspecified atom stereocenters. The number of nitrogens with zero attached hydrogens (tertiary/aromatic N) is 5. The van der Waals surface area contributed by atoms with Crippen LogP contribution in [0.15, 0.2) is 18.3 Å². The Labute approximate surface area is 174 Å². The summed E-state index contributed by atoms with van der Waals surface area (Å²) in [7, 11) is 0. The molecule has 0 amide bonds. The second-order valence-electron chi connectivity index (χ2n) is 8.23. The van der Waals surface area contributed by atoms with Crippen LogP contribution in [0.3, 0.4) is 0 Å². The van der Waals surface area contributed by atoms with E-state index in [0.717, 1.165) is 49.1 Å². The SMILES string of the molecule is CC1COCCN1c1cc(NC2CCC(O)CC2)c2c(N)nn(-c3ccn[nH]3)c2n1. The standard InChI is InChI=1S/C20H28N8O2/c1-12-11-30-9-8-27(12)17-10-15(23-13-2-4-14(29)5-3-13)18-19(21)26-28(20(18)24-17)16-6-7-22-25-16/h6-7,10,12-14,29H,2-5,8-9,11H2,1H3,(H2,21,26)(H,22,25)(H,23,24). The molecule has 5 rings (SSSR count). The number of aliphatic hydroxyl groups excluding tert-OH is 1. The number of hydrogen-bond donors (Lipinski definition) is 4. The maximum atomic E-state index is 9.86. The van der Waals surface area contributed by atoms with Gasteiger partial charge in [0.05, 0.1) is 42.6 Å². The molecule has 2 fully saturated rings. The number of ether oxygens (including phenoxy) is 1. The lowest BCUT2D eigenvalue weighted by Gasteiger charge is -2.35. The number of hydrogen-bond acceptors (Lipinski definition) is 8. The van der Waals surface area contributed by atoms with Crippen LogP contribution in [0.2, 0.25) is 0 Å². The zero-order chi connectivity index (χ0) is 20.7. The van der Waals surface area contributed by atoms with Crippen LogP contribution in [0, 0.1) is 0 Å². The largest absolute Gasteiger partial charge is 0.393 e. The van der Waals surface area contributed by atoms with Gasteiger partial charge < -0.3 is 25.8 Å². The normalized spacial score (nSPS) is 25.0. The van der Waals surface area contributed by atoms with Crippen LogP contribution in [-0.2, 0) is 4.74 Å². The third-order valence-corrected chi connectivity index (χ3v) is 6.08. The van der Waals surface area contributed by atoms with Gasteiger partial charge in [-0.25, -0.2) is 4.98 Å². The molecule has 10 nitrogen and oxygen atoms in total. The van der Waals surface area contributed by atoms with E-state index in [-0.39, 0.29) is 18.2 Å². The summed E-state index contributed by atoms with van der Waals surface area (Å²) in [5, 5.41) is 25.9. The van der Waals surface area contributed by atoms with Gasteiger partial charge >= 0.3 is 0 Å². The zero-order valence-corrected chi connectivity index (χ0v) is 17.1. The molecule has 5 N–H and O–H groups in total. The molecular formula is C20H28N8O2. The van der Waals surface area contributed by atoms with Crippen LogP contribution in [0.4, 0.5) is 17.3 Å². The van der Waals surface area contributed by atoms with Crippen LogP contribution in [0.25, 0.3) is 16.9 Å². The number of nitrogens with two attached hydrogens (primary N) is 1.